The predicted octanol–water partition coefficient (Wildman–Crippen LogP) is 1.93. The van der Waals surface area contributed by atoms with E-state index < -0.39 is 10.0 Å². The minimum atomic E-state index is -3.59. The van der Waals surface area contributed by atoms with Gasteiger partial charge in [0.1, 0.15) is 5.82 Å². The van der Waals surface area contributed by atoms with Crippen molar-refractivity contribution in [2.45, 2.75) is 37.8 Å². The van der Waals surface area contributed by atoms with E-state index in [4.69, 9.17) is 4.74 Å². The largest absolute Gasteiger partial charge is 0.378 e. The first-order valence-electron chi connectivity index (χ1n) is 10.1. The van der Waals surface area contributed by atoms with Crippen molar-refractivity contribution in [2.24, 2.45) is 0 Å². The highest BCUT2D eigenvalue weighted by Gasteiger charge is 2.17. The van der Waals surface area contributed by atoms with E-state index >= 15 is 0 Å². The summed E-state index contributed by atoms with van der Waals surface area (Å²) in [4.78, 5) is 19.2. The lowest BCUT2D eigenvalue weighted by Gasteiger charge is -2.28. The van der Waals surface area contributed by atoms with Crippen molar-refractivity contribution in [3.63, 3.8) is 0 Å². The Morgan fingerprint density at radius 3 is 2.57 bits per heavy atom. The lowest BCUT2D eigenvalue weighted by Crippen LogP contribution is -2.36. The first kappa shape index (κ1) is 22.2. The third kappa shape index (κ3) is 5.78. The van der Waals surface area contributed by atoms with Crippen LogP contribution in [0.2, 0.25) is 0 Å². The first-order valence-corrected chi connectivity index (χ1v) is 11.6. The van der Waals surface area contributed by atoms with E-state index in [1.165, 1.54) is 24.3 Å². The molecule has 1 unspecified atom stereocenters. The second kappa shape index (κ2) is 10.0. The summed E-state index contributed by atoms with van der Waals surface area (Å²) in [6.45, 7) is 7.03. The van der Waals surface area contributed by atoms with Crippen molar-refractivity contribution in [1.82, 2.24) is 15.0 Å². The maximum atomic E-state index is 12.5. The predicted molar refractivity (Wildman–Crippen MR) is 115 cm³/mol. The van der Waals surface area contributed by atoms with Crippen LogP contribution in [-0.4, -0.2) is 51.7 Å². The summed E-state index contributed by atoms with van der Waals surface area (Å²) in [5.74, 6) is 0.604. The Labute approximate surface area is 177 Å². The number of ether oxygens (including phenoxy) is 1. The second-order valence-electron chi connectivity index (χ2n) is 7.26. The van der Waals surface area contributed by atoms with Gasteiger partial charge in [-0.25, -0.2) is 18.1 Å². The standard InChI is InChI=1S/C21H28N4O4S/c1-3-16(2)24-30(27,28)19-6-4-18(5-7-19)21(26)23-15-17-8-9-22-20(14-17)25-10-12-29-13-11-25/h4-9,14,16,24H,3,10-13,15H2,1-2H3,(H,23,26). The fourth-order valence-electron chi connectivity index (χ4n) is 3.02. The number of hydrogen-bond acceptors (Lipinski definition) is 6. The molecule has 30 heavy (non-hydrogen) atoms. The van der Waals surface area contributed by atoms with E-state index in [9.17, 15) is 13.2 Å². The normalized spacial score (nSPS) is 15.6. The number of nitrogens with zero attached hydrogens (tertiary/aromatic N) is 2. The number of rotatable bonds is 8. The molecule has 1 fully saturated rings. The van der Waals surface area contributed by atoms with Gasteiger partial charge in [-0.15, -0.1) is 0 Å². The fourth-order valence-corrected chi connectivity index (χ4v) is 4.35. The van der Waals surface area contributed by atoms with Gasteiger partial charge in [-0.05, 0) is 55.3 Å². The summed E-state index contributed by atoms with van der Waals surface area (Å²) in [6.07, 6.45) is 2.43. The molecule has 1 saturated heterocycles. The van der Waals surface area contributed by atoms with Gasteiger partial charge in [0, 0.05) is 37.4 Å². The summed E-state index contributed by atoms with van der Waals surface area (Å²) >= 11 is 0. The minimum Gasteiger partial charge on any atom is -0.378 e. The van der Waals surface area contributed by atoms with Gasteiger partial charge in [-0.3, -0.25) is 4.79 Å². The zero-order chi connectivity index (χ0) is 21.6. The van der Waals surface area contributed by atoms with Crippen molar-refractivity contribution in [1.29, 1.82) is 0 Å². The highest BCUT2D eigenvalue weighted by Crippen LogP contribution is 2.15. The number of aromatic nitrogens is 1. The molecular formula is C21H28N4O4S. The monoisotopic (exact) mass is 432 g/mol. The number of benzene rings is 1. The molecule has 1 amide bonds. The topological polar surface area (TPSA) is 101 Å². The van der Waals surface area contributed by atoms with Gasteiger partial charge in [0.05, 0.1) is 18.1 Å². The van der Waals surface area contributed by atoms with Crippen molar-refractivity contribution >= 4 is 21.7 Å². The van der Waals surface area contributed by atoms with Crippen molar-refractivity contribution < 1.29 is 17.9 Å². The van der Waals surface area contributed by atoms with Gasteiger partial charge in [-0.2, -0.15) is 0 Å². The molecule has 9 heteroatoms. The SMILES string of the molecule is CCC(C)NS(=O)(=O)c1ccc(C(=O)NCc2ccnc(N3CCOCC3)c2)cc1. The smallest absolute Gasteiger partial charge is 0.251 e. The number of pyridine rings is 1. The highest BCUT2D eigenvalue weighted by atomic mass is 32.2. The van der Waals surface area contributed by atoms with Crippen LogP contribution in [0.25, 0.3) is 0 Å². The molecule has 162 valence electrons. The van der Waals surface area contributed by atoms with Crippen LogP contribution in [0.1, 0.15) is 36.2 Å². The van der Waals surface area contributed by atoms with Crippen LogP contribution in [0.15, 0.2) is 47.5 Å². The summed E-state index contributed by atoms with van der Waals surface area (Å²) < 4.78 is 32.6. The van der Waals surface area contributed by atoms with Gasteiger partial charge in [-0.1, -0.05) is 6.92 Å². The van der Waals surface area contributed by atoms with Crippen molar-refractivity contribution in [3.8, 4) is 0 Å². The number of anilines is 1. The van der Waals surface area contributed by atoms with E-state index in [0.29, 0.717) is 31.7 Å². The molecule has 1 atom stereocenters. The minimum absolute atomic E-state index is 0.142. The third-order valence-corrected chi connectivity index (χ3v) is 6.60. The molecule has 1 aromatic carbocycles. The molecule has 1 aromatic heterocycles. The Morgan fingerprint density at radius 1 is 1.20 bits per heavy atom. The number of morpholine rings is 1. The zero-order valence-electron chi connectivity index (χ0n) is 17.3. The molecule has 0 aliphatic carbocycles. The summed E-state index contributed by atoms with van der Waals surface area (Å²) in [7, 11) is -3.59. The van der Waals surface area contributed by atoms with Gasteiger partial charge in [0.15, 0.2) is 0 Å². The van der Waals surface area contributed by atoms with Crippen molar-refractivity contribution in [2.75, 3.05) is 31.2 Å². The average Bonchev–Trinajstić information content (AvgIpc) is 2.78. The van der Waals surface area contributed by atoms with Crippen LogP contribution in [-0.2, 0) is 21.3 Å². The number of sulfonamides is 1. The first-order chi connectivity index (χ1) is 14.4. The third-order valence-electron chi connectivity index (χ3n) is 4.99. The molecule has 0 radical (unpaired) electrons. The molecule has 0 bridgehead atoms. The van der Waals surface area contributed by atoms with E-state index in [1.54, 1.807) is 6.20 Å². The number of carbonyl (C=O) groups excluding carboxylic acids is 1. The molecule has 1 aliphatic heterocycles. The summed E-state index contributed by atoms with van der Waals surface area (Å²) in [5, 5.41) is 2.87. The highest BCUT2D eigenvalue weighted by molar-refractivity contribution is 7.89. The van der Waals surface area contributed by atoms with E-state index in [1.807, 2.05) is 26.0 Å². The molecule has 2 aromatic rings. The molecule has 0 spiro atoms. The Bertz CT molecular complexity index is 957. The molecular weight excluding hydrogens is 404 g/mol. The lowest BCUT2D eigenvalue weighted by atomic mass is 10.2. The van der Waals surface area contributed by atoms with Gasteiger partial charge >= 0.3 is 0 Å². The Morgan fingerprint density at radius 2 is 1.90 bits per heavy atom. The van der Waals surface area contributed by atoms with Gasteiger partial charge < -0.3 is 15.0 Å². The molecule has 1 aliphatic rings. The van der Waals surface area contributed by atoms with Crippen LogP contribution >= 0.6 is 0 Å². The summed E-state index contributed by atoms with van der Waals surface area (Å²) in [6, 6.07) is 9.60. The lowest BCUT2D eigenvalue weighted by molar-refractivity contribution is 0.0951. The second-order valence-corrected chi connectivity index (χ2v) is 8.97. The molecule has 8 nitrogen and oxygen atoms in total. The molecule has 2 heterocycles. The van der Waals surface area contributed by atoms with Crippen molar-refractivity contribution in [3.05, 3.63) is 53.7 Å². The molecule has 3 rings (SSSR count). The average molecular weight is 433 g/mol. The number of nitrogens with one attached hydrogen (secondary N) is 2. The molecule has 0 saturated carbocycles. The van der Waals surface area contributed by atoms with Gasteiger partial charge in [0.25, 0.3) is 5.91 Å². The number of hydrogen-bond donors (Lipinski definition) is 2. The maximum absolute atomic E-state index is 12.5. The van der Waals surface area contributed by atoms with E-state index in [0.717, 1.165) is 24.5 Å². The Balaban J connectivity index is 1.60. The number of carbonyl (C=O) groups is 1. The van der Waals surface area contributed by atoms with Crippen LogP contribution < -0.4 is 14.9 Å². The van der Waals surface area contributed by atoms with Crippen LogP contribution in [0.4, 0.5) is 5.82 Å². The van der Waals surface area contributed by atoms with Crippen LogP contribution in [0, 0.1) is 0 Å². The Kier molecular flexibility index (Phi) is 7.41. The molecule has 2 N–H and O–H groups in total. The van der Waals surface area contributed by atoms with Crippen LogP contribution in [0.3, 0.4) is 0 Å². The van der Waals surface area contributed by atoms with Gasteiger partial charge in [0.2, 0.25) is 10.0 Å². The quantitative estimate of drug-likeness (QED) is 0.661. The van der Waals surface area contributed by atoms with E-state index in [2.05, 4.69) is 19.9 Å². The number of amides is 1. The van der Waals surface area contributed by atoms with Crippen LogP contribution in [0.5, 0.6) is 0 Å². The Hall–Kier alpha value is -2.49. The fraction of sp³-hybridized carbons (Fsp3) is 0.429. The zero-order valence-corrected chi connectivity index (χ0v) is 18.1. The maximum Gasteiger partial charge on any atom is 0.251 e. The van der Waals surface area contributed by atoms with E-state index in [-0.39, 0.29) is 16.8 Å². The summed E-state index contributed by atoms with van der Waals surface area (Å²) in [5.41, 5.74) is 1.34.